The van der Waals surface area contributed by atoms with Crippen molar-refractivity contribution in [3.8, 4) is 0 Å². The Bertz CT molecular complexity index is 225. The Balaban J connectivity index is 0.000001000. The van der Waals surface area contributed by atoms with Crippen molar-refractivity contribution < 1.29 is 4.79 Å². The molecule has 0 aliphatic heterocycles. The first-order valence-corrected chi connectivity index (χ1v) is 2.98. The van der Waals surface area contributed by atoms with Crippen molar-refractivity contribution >= 4 is 18.2 Å². The van der Waals surface area contributed by atoms with E-state index >= 15 is 0 Å². The van der Waals surface area contributed by atoms with Gasteiger partial charge in [-0.15, -0.1) is 12.4 Å². The number of carbonyl (C=O) groups excluding carboxylic acids is 1. The minimum atomic E-state index is -0.0533. The van der Waals surface area contributed by atoms with Crippen molar-refractivity contribution in [3.05, 3.63) is 30.1 Å². The smallest absolute Gasteiger partial charge is 0.176 e. The molecule has 0 aliphatic carbocycles. The van der Waals surface area contributed by atoms with E-state index in [4.69, 9.17) is 5.73 Å². The Morgan fingerprint density at radius 1 is 1.45 bits per heavy atom. The predicted octanol–water partition coefficient (Wildman–Crippen LogP) is 0.645. The van der Waals surface area contributed by atoms with Gasteiger partial charge in [0.1, 0.15) is 0 Å². The van der Waals surface area contributed by atoms with Crippen LogP contribution in [0.15, 0.2) is 24.5 Å². The third-order valence-corrected chi connectivity index (χ3v) is 1.19. The molecule has 2 N–H and O–H groups in total. The monoisotopic (exact) mass is 172 g/mol. The molecule has 1 aromatic heterocycles. The standard InChI is InChI=1S/C7H8N2O.ClH/c8-5-7(10)6-1-3-9-4-2-6;/h1-4H,5,8H2;1H. The van der Waals surface area contributed by atoms with Gasteiger partial charge in [0.2, 0.25) is 0 Å². The van der Waals surface area contributed by atoms with Gasteiger partial charge >= 0.3 is 0 Å². The van der Waals surface area contributed by atoms with Crippen molar-refractivity contribution in [2.75, 3.05) is 6.54 Å². The van der Waals surface area contributed by atoms with Gasteiger partial charge in [0.15, 0.2) is 5.78 Å². The van der Waals surface area contributed by atoms with Crippen LogP contribution in [0.2, 0.25) is 0 Å². The molecule has 1 rings (SSSR count). The minimum absolute atomic E-state index is 0. The van der Waals surface area contributed by atoms with Gasteiger partial charge in [-0.1, -0.05) is 0 Å². The summed E-state index contributed by atoms with van der Waals surface area (Å²) in [5.41, 5.74) is 5.76. The highest BCUT2D eigenvalue weighted by Gasteiger charge is 1.99. The molecule has 0 fully saturated rings. The third-order valence-electron chi connectivity index (χ3n) is 1.19. The Morgan fingerprint density at radius 3 is 2.45 bits per heavy atom. The largest absolute Gasteiger partial charge is 0.324 e. The fourth-order valence-corrected chi connectivity index (χ4v) is 0.656. The number of rotatable bonds is 2. The number of hydrogen-bond donors (Lipinski definition) is 1. The van der Waals surface area contributed by atoms with Gasteiger partial charge < -0.3 is 5.73 Å². The summed E-state index contributed by atoms with van der Waals surface area (Å²) in [6.07, 6.45) is 3.14. The van der Waals surface area contributed by atoms with Crippen LogP contribution in [0.25, 0.3) is 0 Å². The van der Waals surface area contributed by atoms with Gasteiger partial charge in [-0.25, -0.2) is 0 Å². The topological polar surface area (TPSA) is 56.0 Å². The van der Waals surface area contributed by atoms with Crippen molar-refractivity contribution in [2.45, 2.75) is 0 Å². The van der Waals surface area contributed by atoms with Gasteiger partial charge in [0, 0.05) is 18.0 Å². The van der Waals surface area contributed by atoms with Crippen LogP contribution < -0.4 is 5.73 Å². The molecule has 0 amide bonds. The molecule has 0 bridgehead atoms. The molecule has 0 spiro atoms. The summed E-state index contributed by atoms with van der Waals surface area (Å²) in [5, 5.41) is 0. The van der Waals surface area contributed by atoms with E-state index in [0.29, 0.717) is 5.56 Å². The lowest BCUT2D eigenvalue weighted by Gasteiger charge is -1.93. The maximum Gasteiger partial charge on any atom is 0.176 e. The molecule has 60 valence electrons. The Kier molecular flexibility index (Phi) is 4.41. The van der Waals surface area contributed by atoms with E-state index in [1.165, 1.54) is 0 Å². The van der Waals surface area contributed by atoms with Gasteiger partial charge in [0.25, 0.3) is 0 Å². The fourth-order valence-electron chi connectivity index (χ4n) is 0.656. The van der Waals surface area contributed by atoms with E-state index in [9.17, 15) is 4.79 Å². The van der Waals surface area contributed by atoms with Gasteiger partial charge in [-0.3, -0.25) is 9.78 Å². The molecule has 11 heavy (non-hydrogen) atoms. The molecule has 0 saturated carbocycles. The van der Waals surface area contributed by atoms with E-state index in [1.807, 2.05) is 0 Å². The van der Waals surface area contributed by atoms with Crippen LogP contribution in [0.1, 0.15) is 10.4 Å². The van der Waals surface area contributed by atoms with Crippen molar-refractivity contribution in [1.82, 2.24) is 4.98 Å². The Hall–Kier alpha value is -0.930. The summed E-state index contributed by atoms with van der Waals surface area (Å²) in [6, 6.07) is 3.30. The van der Waals surface area contributed by atoms with Gasteiger partial charge in [-0.2, -0.15) is 0 Å². The van der Waals surface area contributed by atoms with Crippen LogP contribution in [-0.2, 0) is 0 Å². The average molecular weight is 173 g/mol. The van der Waals surface area contributed by atoms with E-state index in [0.717, 1.165) is 0 Å². The molecule has 1 heterocycles. The summed E-state index contributed by atoms with van der Waals surface area (Å²) >= 11 is 0. The Labute approximate surface area is 71.0 Å². The second kappa shape index (κ2) is 4.82. The van der Waals surface area contributed by atoms with E-state index in [-0.39, 0.29) is 24.7 Å². The lowest BCUT2D eigenvalue weighted by atomic mass is 10.2. The fraction of sp³-hybridized carbons (Fsp3) is 0.143. The van der Waals surface area contributed by atoms with Gasteiger partial charge in [-0.05, 0) is 12.1 Å². The lowest BCUT2D eigenvalue weighted by Crippen LogP contribution is -2.13. The molecule has 0 aromatic carbocycles. The number of hydrogen-bond acceptors (Lipinski definition) is 3. The number of pyridine rings is 1. The molecule has 0 radical (unpaired) electrons. The molecule has 0 atom stereocenters. The van der Waals surface area contributed by atoms with E-state index in [2.05, 4.69) is 4.98 Å². The van der Waals surface area contributed by atoms with Crippen LogP contribution in [0, 0.1) is 0 Å². The Morgan fingerprint density at radius 2 is 2.00 bits per heavy atom. The quantitative estimate of drug-likeness (QED) is 0.667. The minimum Gasteiger partial charge on any atom is -0.324 e. The zero-order valence-corrected chi connectivity index (χ0v) is 6.67. The predicted molar refractivity (Wildman–Crippen MR) is 44.9 cm³/mol. The summed E-state index contributed by atoms with van der Waals surface area (Å²) in [5.74, 6) is -0.0533. The van der Waals surface area contributed by atoms with Crippen LogP contribution in [0.5, 0.6) is 0 Å². The first-order valence-electron chi connectivity index (χ1n) is 2.98. The maximum atomic E-state index is 10.9. The number of nitrogens with two attached hydrogens (primary N) is 1. The zero-order valence-electron chi connectivity index (χ0n) is 5.86. The zero-order chi connectivity index (χ0) is 7.40. The van der Waals surface area contributed by atoms with Gasteiger partial charge in [0.05, 0.1) is 6.54 Å². The second-order valence-electron chi connectivity index (χ2n) is 1.86. The summed E-state index contributed by atoms with van der Waals surface area (Å²) in [4.78, 5) is 14.6. The average Bonchev–Trinajstić information content (AvgIpc) is 2.05. The molecule has 1 aromatic rings. The normalized spacial score (nSPS) is 8.45. The molecule has 0 aliphatic rings. The molecular weight excluding hydrogens is 164 g/mol. The highest BCUT2D eigenvalue weighted by molar-refractivity contribution is 5.97. The van der Waals surface area contributed by atoms with Crippen LogP contribution >= 0.6 is 12.4 Å². The number of ketones is 1. The van der Waals surface area contributed by atoms with E-state index in [1.54, 1.807) is 24.5 Å². The molecular formula is C7H9ClN2O. The van der Waals surface area contributed by atoms with Crippen molar-refractivity contribution in [3.63, 3.8) is 0 Å². The molecule has 3 nitrogen and oxygen atoms in total. The van der Waals surface area contributed by atoms with Crippen LogP contribution in [0.3, 0.4) is 0 Å². The lowest BCUT2D eigenvalue weighted by molar-refractivity contribution is 0.100. The SMILES string of the molecule is Cl.NCC(=O)c1ccncc1. The third kappa shape index (κ3) is 2.65. The van der Waals surface area contributed by atoms with Crippen LogP contribution in [-0.4, -0.2) is 17.3 Å². The first-order chi connectivity index (χ1) is 4.84. The summed E-state index contributed by atoms with van der Waals surface area (Å²) in [7, 11) is 0. The number of Topliss-reactive ketones (excluding diaryl/α,β-unsaturated/α-hetero) is 1. The number of carbonyl (C=O) groups is 1. The molecule has 0 saturated heterocycles. The first kappa shape index (κ1) is 10.1. The number of aromatic nitrogens is 1. The van der Waals surface area contributed by atoms with Crippen LogP contribution in [0.4, 0.5) is 0 Å². The van der Waals surface area contributed by atoms with Crippen molar-refractivity contribution in [1.29, 1.82) is 0 Å². The van der Waals surface area contributed by atoms with Crippen molar-refractivity contribution in [2.24, 2.45) is 5.73 Å². The summed E-state index contributed by atoms with van der Waals surface area (Å²) < 4.78 is 0. The maximum absolute atomic E-state index is 10.9. The highest BCUT2D eigenvalue weighted by atomic mass is 35.5. The van der Waals surface area contributed by atoms with E-state index < -0.39 is 0 Å². The highest BCUT2D eigenvalue weighted by Crippen LogP contribution is 1.95. The molecule has 4 heteroatoms. The molecule has 0 unspecified atom stereocenters. The number of nitrogens with zero attached hydrogens (tertiary/aromatic N) is 1. The second-order valence-corrected chi connectivity index (χ2v) is 1.86. The number of halogens is 1. The summed E-state index contributed by atoms with van der Waals surface area (Å²) in [6.45, 7) is 0.0595.